The van der Waals surface area contributed by atoms with E-state index in [0.717, 1.165) is 0 Å². The monoisotopic (exact) mass is 458 g/mol. The summed E-state index contributed by atoms with van der Waals surface area (Å²) in [5, 5.41) is 7.58. The van der Waals surface area contributed by atoms with Crippen molar-refractivity contribution in [3.05, 3.63) is 133 Å². The van der Waals surface area contributed by atoms with Crippen molar-refractivity contribution in [2.24, 2.45) is 0 Å². The van der Waals surface area contributed by atoms with Crippen LogP contribution in [-0.2, 0) is 0 Å². The minimum atomic E-state index is 1.17. The Kier molecular flexibility index (Phi) is 3.97. The van der Waals surface area contributed by atoms with Gasteiger partial charge in [0.25, 0.3) is 0 Å². The van der Waals surface area contributed by atoms with Crippen molar-refractivity contribution in [3.8, 4) is 11.4 Å². The number of nitrogens with zero attached hydrogens (tertiary/aromatic N) is 2. The van der Waals surface area contributed by atoms with Crippen LogP contribution in [0.15, 0.2) is 133 Å². The number of hydrogen-bond acceptors (Lipinski definition) is 0. The van der Waals surface area contributed by atoms with Crippen molar-refractivity contribution >= 4 is 54.4 Å². The Labute approximate surface area is 208 Å². The molecule has 8 rings (SSSR count). The van der Waals surface area contributed by atoms with E-state index in [9.17, 15) is 0 Å². The molecule has 2 nitrogen and oxygen atoms in total. The molecule has 0 aliphatic heterocycles. The lowest BCUT2D eigenvalue weighted by atomic mass is 10.1. The molecule has 0 N–H and O–H groups in total. The normalized spacial score (nSPS) is 11.9. The zero-order chi connectivity index (χ0) is 23.6. The van der Waals surface area contributed by atoms with E-state index < -0.39 is 0 Å². The molecule has 2 aromatic heterocycles. The van der Waals surface area contributed by atoms with Crippen LogP contribution in [0.2, 0.25) is 0 Å². The average molecular weight is 459 g/mol. The third-order valence-electron chi connectivity index (χ3n) is 7.48. The Morgan fingerprint density at radius 1 is 0.361 bits per heavy atom. The zero-order valence-corrected chi connectivity index (χ0v) is 19.6. The summed E-state index contributed by atoms with van der Waals surface area (Å²) in [6, 6.07) is 48.2. The second kappa shape index (κ2) is 7.34. The summed E-state index contributed by atoms with van der Waals surface area (Å²) >= 11 is 0. The van der Waals surface area contributed by atoms with Gasteiger partial charge in [-0.05, 0) is 46.5 Å². The van der Waals surface area contributed by atoms with Gasteiger partial charge in [0.05, 0.1) is 27.8 Å². The van der Waals surface area contributed by atoms with Crippen LogP contribution >= 0.6 is 0 Å². The molecule has 8 aromatic rings. The van der Waals surface area contributed by atoms with Crippen LogP contribution in [-0.4, -0.2) is 9.13 Å². The van der Waals surface area contributed by atoms with Crippen LogP contribution in [0.3, 0.4) is 0 Å². The van der Waals surface area contributed by atoms with Crippen molar-refractivity contribution in [3.63, 3.8) is 0 Å². The van der Waals surface area contributed by atoms with Gasteiger partial charge in [0.1, 0.15) is 0 Å². The predicted molar refractivity (Wildman–Crippen MR) is 153 cm³/mol. The van der Waals surface area contributed by atoms with Gasteiger partial charge in [-0.15, -0.1) is 0 Å². The van der Waals surface area contributed by atoms with Gasteiger partial charge < -0.3 is 9.13 Å². The van der Waals surface area contributed by atoms with Crippen LogP contribution in [0.4, 0.5) is 0 Å². The first-order valence-electron chi connectivity index (χ1n) is 12.4. The molecule has 0 saturated heterocycles. The Bertz CT molecular complexity index is 2090. The summed E-state index contributed by atoms with van der Waals surface area (Å²) < 4.78 is 4.93. The standard InChI is InChI=1S/C34H22N2/c1-2-14-25(15-3-1)35-31-22-21-24-12-5-7-17-27(24)32(31)34-33(35)28-18-8-9-19-30(28)36(34)29-20-10-13-23-11-4-6-16-26(23)29/h1-22H. The fraction of sp³-hybridized carbons (Fsp3) is 0. The molecule has 0 saturated carbocycles. The molecule has 0 amide bonds. The van der Waals surface area contributed by atoms with E-state index in [1.54, 1.807) is 0 Å². The maximum absolute atomic E-state index is 2.49. The largest absolute Gasteiger partial charge is 0.307 e. The van der Waals surface area contributed by atoms with Crippen LogP contribution in [0, 0.1) is 0 Å². The molecular weight excluding hydrogens is 436 g/mol. The minimum Gasteiger partial charge on any atom is -0.307 e. The second-order valence-electron chi connectivity index (χ2n) is 9.40. The first-order valence-corrected chi connectivity index (χ1v) is 12.4. The van der Waals surface area contributed by atoms with Crippen molar-refractivity contribution in [2.75, 3.05) is 0 Å². The van der Waals surface area contributed by atoms with Gasteiger partial charge in [-0.2, -0.15) is 0 Å². The van der Waals surface area contributed by atoms with E-state index in [-0.39, 0.29) is 0 Å². The van der Waals surface area contributed by atoms with Crippen molar-refractivity contribution < 1.29 is 0 Å². The van der Waals surface area contributed by atoms with Gasteiger partial charge >= 0.3 is 0 Å². The Morgan fingerprint density at radius 3 is 1.83 bits per heavy atom. The SMILES string of the molecule is c1ccc(-n2c3ccc4ccccc4c3c3c2c2ccccc2n3-c2cccc3ccccc23)cc1. The van der Waals surface area contributed by atoms with Gasteiger partial charge in [0.15, 0.2) is 0 Å². The third kappa shape index (κ3) is 2.56. The molecule has 0 aliphatic rings. The lowest BCUT2D eigenvalue weighted by molar-refractivity contribution is 1.18. The van der Waals surface area contributed by atoms with E-state index >= 15 is 0 Å². The quantitative estimate of drug-likeness (QED) is 0.244. The van der Waals surface area contributed by atoms with E-state index in [1.807, 2.05) is 0 Å². The smallest absolute Gasteiger partial charge is 0.0810 e. The lowest BCUT2D eigenvalue weighted by Gasteiger charge is -2.12. The Balaban J connectivity index is 1.70. The summed E-state index contributed by atoms with van der Waals surface area (Å²) in [4.78, 5) is 0. The molecule has 2 heterocycles. The molecule has 0 fully saturated rings. The summed E-state index contributed by atoms with van der Waals surface area (Å²) in [7, 11) is 0. The summed E-state index contributed by atoms with van der Waals surface area (Å²) in [5.41, 5.74) is 7.33. The van der Waals surface area contributed by atoms with E-state index in [1.165, 1.54) is 65.8 Å². The first-order chi connectivity index (χ1) is 17.9. The highest BCUT2D eigenvalue weighted by Crippen LogP contribution is 2.43. The summed E-state index contributed by atoms with van der Waals surface area (Å²) in [6.07, 6.45) is 0. The zero-order valence-electron chi connectivity index (χ0n) is 19.6. The molecule has 0 radical (unpaired) electrons. The van der Waals surface area contributed by atoms with E-state index in [2.05, 4.69) is 143 Å². The number of fused-ring (bicyclic) bond motifs is 8. The fourth-order valence-corrected chi connectivity index (χ4v) is 5.99. The highest BCUT2D eigenvalue weighted by atomic mass is 15.1. The van der Waals surface area contributed by atoms with E-state index in [4.69, 9.17) is 0 Å². The van der Waals surface area contributed by atoms with Crippen molar-refractivity contribution in [1.82, 2.24) is 9.13 Å². The van der Waals surface area contributed by atoms with Crippen LogP contribution in [0.5, 0.6) is 0 Å². The molecule has 0 atom stereocenters. The predicted octanol–water partition coefficient (Wildman–Crippen LogP) is 9.03. The topological polar surface area (TPSA) is 9.86 Å². The molecule has 2 heteroatoms. The van der Waals surface area contributed by atoms with Gasteiger partial charge in [-0.1, -0.05) is 103 Å². The summed E-state index contributed by atoms with van der Waals surface area (Å²) in [5.74, 6) is 0. The number of para-hydroxylation sites is 2. The number of benzene rings is 6. The van der Waals surface area contributed by atoms with Gasteiger partial charge in [-0.3, -0.25) is 0 Å². The number of rotatable bonds is 2. The van der Waals surface area contributed by atoms with Crippen LogP contribution in [0.1, 0.15) is 0 Å². The van der Waals surface area contributed by atoms with Crippen LogP contribution in [0.25, 0.3) is 65.8 Å². The summed E-state index contributed by atoms with van der Waals surface area (Å²) in [6.45, 7) is 0. The minimum absolute atomic E-state index is 1.17. The maximum atomic E-state index is 2.49. The van der Waals surface area contributed by atoms with Gasteiger partial charge in [0, 0.05) is 21.8 Å². The molecular formula is C34H22N2. The number of hydrogen-bond donors (Lipinski definition) is 0. The number of aromatic nitrogens is 2. The molecule has 0 bridgehead atoms. The Morgan fingerprint density at radius 2 is 1.00 bits per heavy atom. The highest BCUT2D eigenvalue weighted by Gasteiger charge is 2.23. The molecule has 36 heavy (non-hydrogen) atoms. The molecule has 0 unspecified atom stereocenters. The van der Waals surface area contributed by atoms with Crippen LogP contribution < -0.4 is 0 Å². The highest BCUT2D eigenvalue weighted by molar-refractivity contribution is 6.27. The molecule has 0 spiro atoms. The third-order valence-corrected chi connectivity index (χ3v) is 7.48. The van der Waals surface area contributed by atoms with Gasteiger partial charge in [0.2, 0.25) is 0 Å². The maximum Gasteiger partial charge on any atom is 0.0810 e. The molecule has 168 valence electrons. The Hall–Kier alpha value is -4.82. The van der Waals surface area contributed by atoms with E-state index in [0.29, 0.717) is 0 Å². The average Bonchev–Trinajstić information content (AvgIpc) is 3.46. The van der Waals surface area contributed by atoms with Crippen molar-refractivity contribution in [2.45, 2.75) is 0 Å². The van der Waals surface area contributed by atoms with Crippen molar-refractivity contribution in [1.29, 1.82) is 0 Å². The lowest BCUT2D eigenvalue weighted by Crippen LogP contribution is -1.95. The molecule has 6 aromatic carbocycles. The fourth-order valence-electron chi connectivity index (χ4n) is 5.99. The first kappa shape index (κ1) is 19.5. The second-order valence-corrected chi connectivity index (χ2v) is 9.40. The molecule has 0 aliphatic carbocycles. The van der Waals surface area contributed by atoms with Gasteiger partial charge in [-0.25, -0.2) is 0 Å².